The molecule has 141 heavy (non-hydrogen) atoms. The Morgan fingerprint density at radius 2 is 0.794 bits per heavy atom. The lowest BCUT2D eigenvalue weighted by atomic mass is 9.74. The third-order valence-corrected chi connectivity index (χ3v) is 26.2. The Hall–Kier alpha value is -12.1. The molecule has 3 amide bonds. The average molecular weight is 2040 g/mol. The highest BCUT2D eigenvalue weighted by Crippen LogP contribution is 2.41. The second-order valence-electron chi connectivity index (χ2n) is 34.1. The fraction of sp³-hybridized carbons (Fsp3) is 0.396. The van der Waals surface area contributed by atoms with E-state index in [1.807, 2.05) is 0 Å². The van der Waals surface area contributed by atoms with Crippen molar-refractivity contribution in [1.29, 1.82) is 0 Å². The summed E-state index contributed by atoms with van der Waals surface area (Å²) in [5, 5.41) is 1.81. The minimum absolute atomic E-state index is 0.0136. The lowest BCUT2D eigenvalue weighted by molar-refractivity contribution is -0.142. The molecule has 2 unspecified atom stereocenters. The molecule has 0 spiro atoms. The summed E-state index contributed by atoms with van der Waals surface area (Å²) in [6.07, 6.45) is -0.827. The zero-order valence-electron chi connectivity index (χ0n) is 73.6. The van der Waals surface area contributed by atoms with Gasteiger partial charge in [0.1, 0.15) is 52.5 Å². The van der Waals surface area contributed by atoms with Gasteiger partial charge in [-0.3, -0.25) is 34.2 Å². The number of hydrogen-bond acceptors (Lipinski definition) is 19. The van der Waals surface area contributed by atoms with Crippen molar-refractivity contribution < 1.29 is 137 Å². The molecule has 0 radical (unpaired) electrons. The Morgan fingerprint density at radius 3 is 1.21 bits per heavy atom. The number of likely N-dealkylation sites (tertiary alicyclic amines) is 3. The number of pyridine rings is 2. The van der Waals surface area contributed by atoms with E-state index in [9.17, 15) is 137 Å². The number of benzene rings is 5. The Kier molecular flexibility index (Phi) is 36.2. The normalized spacial score (nSPS) is 18.7. The average Bonchev–Trinajstić information content (AvgIpc) is 1.77. The smallest absolute Gasteiger partial charge is 0.348 e. The van der Waals surface area contributed by atoms with Crippen LogP contribution in [0.5, 0.6) is 0 Å². The van der Waals surface area contributed by atoms with Gasteiger partial charge in [0.05, 0.1) is 42.8 Å². The van der Waals surface area contributed by atoms with Crippen molar-refractivity contribution in [3.05, 3.63) is 302 Å². The fourth-order valence-corrected chi connectivity index (χ4v) is 18.1. The summed E-state index contributed by atoms with van der Waals surface area (Å²) in [6.45, 7) is 0.850. The quantitative estimate of drug-likeness (QED) is 0.0256. The highest BCUT2D eigenvalue weighted by Gasteiger charge is 2.53. The van der Waals surface area contributed by atoms with Crippen LogP contribution < -0.4 is 34.0 Å². The molecule has 0 bridgehead atoms. The number of hydrogen-bond donors (Lipinski definition) is 6. The lowest BCUT2D eigenvalue weighted by Gasteiger charge is -2.39. The number of carbonyl (C=O) groups excluding carboxylic acids is 3. The molecular formula is C91H88F26N18O5S. The van der Waals surface area contributed by atoms with E-state index in [0.29, 0.717) is 84.8 Å². The molecule has 50 heteroatoms. The Balaban J connectivity index is 0.000000169. The minimum Gasteiger partial charge on any atom is -0.348 e. The largest absolute Gasteiger partial charge is 0.434 e. The van der Waals surface area contributed by atoms with Crippen LogP contribution in [-0.4, -0.2) is 180 Å². The number of nitrogens with zero attached hydrogens (tertiary/aromatic N) is 12. The zero-order valence-corrected chi connectivity index (χ0v) is 74.4. The van der Waals surface area contributed by atoms with Gasteiger partial charge in [0.25, 0.3) is 33.7 Å². The van der Waals surface area contributed by atoms with Crippen molar-refractivity contribution >= 4 is 27.7 Å². The van der Waals surface area contributed by atoms with Crippen molar-refractivity contribution in [3.8, 4) is 0 Å². The number of nitrogens with two attached hydrogens (primary N) is 5. The Morgan fingerprint density at radius 1 is 0.411 bits per heavy atom. The summed E-state index contributed by atoms with van der Waals surface area (Å²) < 4.78 is 372. The number of amides is 3. The first-order chi connectivity index (χ1) is 66.2. The van der Waals surface area contributed by atoms with Crippen LogP contribution in [0.1, 0.15) is 127 Å². The van der Waals surface area contributed by atoms with Gasteiger partial charge < -0.3 is 43.8 Å². The fourth-order valence-electron chi connectivity index (χ4n) is 16.5. The summed E-state index contributed by atoms with van der Waals surface area (Å²) in [4.78, 5) is 69.6. The highest BCUT2D eigenvalue weighted by atomic mass is 32.2. The monoisotopic (exact) mass is 2040 g/mol. The molecule has 5 fully saturated rings. The topological polar surface area (TPSA) is 344 Å². The minimum atomic E-state index is -4.89. The van der Waals surface area contributed by atoms with Crippen LogP contribution in [0.4, 0.5) is 114 Å². The van der Waals surface area contributed by atoms with Crippen LogP contribution in [0.2, 0.25) is 0 Å². The Bertz CT molecular complexity index is 6130. The predicted molar refractivity (Wildman–Crippen MR) is 451 cm³/mol. The number of rotatable bonds is 23. The number of alkyl halides is 11. The van der Waals surface area contributed by atoms with E-state index in [1.54, 1.807) is 36.8 Å². The highest BCUT2D eigenvalue weighted by molar-refractivity contribution is 7.89. The van der Waals surface area contributed by atoms with Gasteiger partial charge in [0.15, 0.2) is 74.6 Å². The molecule has 1 aliphatic carbocycles. The maximum atomic E-state index is 14.5. The molecule has 4 saturated heterocycles. The van der Waals surface area contributed by atoms with Gasteiger partial charge in [-0.15, -0.1) is 0 Å². The van der Waals surface area contributed by atoms with Gasteiger partial charge in [0.2, 0.25) is 0 Å². The van der Waals surface area contributed by atoms with Gasteiger partial charge in [-0.1, -0.05) is 6.07 Å². The lowest BCUT2D eigenvalue weighted by Crippen LogP contribution is -2.50. The molecule has 5 aromatic carbocycles. The predicted octanol–water partition coefficient (Wildman–Crippen LogP) is 14.9. The third kappa shape index (κ3) is 28.9. The van der Waals surface area contributed by atoms with Gasteiger partial charge in [-0.2, -0.15) is 43.8 Å². The molecule has 5 aliphatic rings. The number of sulfonamides is 1. The SMILES string of the molecule is N[C@H](Cc1cc(F)c(F)cc1F)C1CC(NC(=O)c2ccccn2)C1.N[C@H](Cc1cc(F)c(F)cc1F)C1CCN(C(=O)c2cncc(C(F)(F)F)n2)C1.N[C@H](Cc1cc(F)c(F)cc1F)C1CCN(Cc2cncnc2)CC1.N[C@H](Cc1cc(F)c(F)cc1F)C1CCN(S(=O)(=O)c2ncccc2C(F)(F)F)CC1.N[C@H](Cc1cc(F)c(F)cc1F)C1CN(C(=O)c2cncc(C(F)(F)F)n2)CC1(F)F. The number of carbonyl (C=O) groups is 3. The number of nitrogens with one attached hydrogen (secondary N) is 1. The first-order valence-electron chi connectivity index (χ1n) is 43.1. The molecule has 15 rings (SSSR count). The van der Waals surface area contributed by atoms with Gasteiger partial charge in [-0.25, -0.2) is 108 Å². The molecule has 10 aromatic rings. The van der Waals surface area contributed by atoms with E-state index in [4.69, 9.17) is 28.7 Å². The van der Waals surface area contributed by atoms with E-state index in [0.717, 1.165) is 85.1 Å². The van der Waals surface area contributed by atoms with E-state index in [2.05, 4.69) is 50.1 Å². The second-order valence-corrected chi connectivity index (χ2v) is 36.0. The summed E-state index contributed by atoms with van der Waals surface area (Å²) in [5.41, 5.74) is 25.8. The summed E-state index contributed by atoms with van der Waals surface area (Å²) in [5.74, 6) is -24.7. The van der Waals surface area contributed by atoms with E-state index in [1.165, 1.54) is 11.2 Å². The molecule has 4 aliphatic heterocycles. The molecule has 5 aromatic heterocycles. The van der Waals surface area contributed by atoms with E-state index < -0.39 is 216 Å². The molecule has 7 atom stereocenters. The van der Waals surface area contributed by atoms with E-state index >= 15 is 0 Å². The standard InChI is InChI=1S/C19H19F6N3O2S.C18H14F8N4O.C18H16F6N4O.C18H21F3N4.C18H18F3N3O/c20-14-10-16(22)15(21)8-12(14)9-17(26)11-3-6-28(7-4-11)31(29,30)18-13(19(23,24)25)2-1-5-27-18;19-10-3-12(21)11(20)1-8(10)2-13(27)9-6-30(7-17(9,22)23)16(31)14-4-28-5-15(29-14)18(24,25)26;19-11-5-13(21)12(20)3-10(11)4-14(25)9-1-2-28(8-9)17(29)15-6-26-7-16(27-15)18(22,23)24;19-15-7-17(21)16(20)5-14(15)6-18(22)13-1-3-25(4-2-13)10-12-8-23-11-24-9-12;19-13-9-15(21)14(20)7-10(13)8-16(22)11-5-12(6-11)24-18(25)17-3-1-2-4-23-17/h1-2,5,8,10-11,17H,3-4,6-7,9,26H2;1,3-5,9,13H,2,6-7,27H2;3,5-7,9,14H,1-2,4,8,25H2;5,7-9,11,13,18H,1-4,6,10,22H2;1-4,7,9,11-12,16H,5-6,8,22H2,(H,24,25)/t17-;9?,13-;9?,14-;18-;11?,12?,16-/m11111/s1. The molecule has 11 N–H and O–H groups in total. The molecule has 9 heterocycles. The second kappa shape index (κ2) is 46.7. The first kappa shape index (κ1) is 109. The molecular weight excluding hydrogens is 1950 g/mol. The van der Waals surface area contributed by atoms with E-state index in [-0.39, 0.29) is 141 Å². The molecule has 23 nitrogen and oxygen atoms in total. The number of aromatic nitrogens is 8. The van der Waals surface area contributed by atoms with Crippen molar-refractivity contribution in [2.45, 2.75) is 149 Å². The van der Waals surface area contributed by atoms with Gasteiger partial charge >= 0.3 is 18.5 Å². The zero-order chi connectivity index (χ0) is 103. The maximum Gasteiger partial charge on any atom is 0.434 e. The van der Waals surface area contributed by atoms with Crippen molar-refractivity contribution in [2.24, 2.45) is 58.3 Å². The Labute approximate surface area is 787 Å². The summed E-state index contributed by atoms with van der Waals surface area (Å²) >= 11 is 0. The summed E-state index contributed by atoms with van der Waals surface area (Å²) in [6, 6.07) is 9.22. The van der Waals surface area contributed by atoms with Crippen LogP contribution in [0.25, 0.3) is 0 Å². The van der Waals surface area contributed by atoms with Gasteiger partial charge in [0, 0.05) is 136 Å². The van der Waals surface area contributed by atoms with Crippen molar-refractivity contribution in [1.82, 2.24) is 64.2 Å². The van der Waals surface area contributed by atoms with Crippen molar-refractivity contribution in [3.63, 3.8) is 0 Å². The summed E-state index contributed by atoms with van der Waals surface area (Å²) in [7, 11) is -4.49. The van der Waals surface area contributed by atoms with Crippen LogP contribution in [0.3, 0.4) is 0 Å². The van der Waals surface area contributed by atoms with Crippen LogP contribution in [-0.2, 0) is 67.2 Å². The van der Waals surface area contributed by atoms with Crippen molar-refractivity contribution in [2.75, 3.05) is 52.4 Å². The molecule has 1 saturated carbocycles. The van der Waals surface area contributed by atoms with Gasteiger partial charge in [-0.05, 0) is 196 Å². The molecule has 760 valence electrons. The first-order valence-corrected chi connectivity index (χ1v) is 44.6. The number of piperidine rings is 2. The van der Waals surface area contributed by atoms with Crippen LogP contribution in [0.15, 0.2) is 152 Å². The third-order valence-electron chi connectivity index (χ3n) is 24.3. The number of halogens is 26. The van der Waals surface area contributed by atoms with Crippen LogP contribution in [0, 0.1) is 117 Å². The maximum absolute atomic E-state index is 14.5. The van der Waals surface area contributed by atoms with Crippen LogP contribution >= 0.6 is 0 Å².